The van der Waals surface area contributed by atoms with E-state index in [4.69, 9.17) is 16.2 Å². The number of nitrogens with zero attached hydrogens (tertiary/aromatic N) is 2. The molecule has 0 radical (unpaired) electrons. The summed E-state index contributed by atoms with van der Waals surface area (Å²) in [7, 11) is 0. The number of benzene rings is 1. The number of carbonyl (C=O) groups excluding carboxylic acids is 2. The van der Waals surface area contributed by atoms with Gasteiger partial charge in [0.15, 0.2) is 6.04 Å². The van der Waals surface area contributed by atoms with Crippen molar-refractivity contribution in [3.05, 3.63) is 35.9 Å². The maximum atomic E-state index is 12.2. The smallest absolute Gasteiger partial charge is 0.339 e. The molecule has 1 aliphatic heterocycles. The van der Waals surface area contributed by atoms with Crippen molar-refractivity contribution >= 4 is 17.9 Å². The Balaban J connectivity index is 2.07. The van der Waals surface area contributed by atoms with Crippen molar-refractivity contribution < 1.29 is 14.3 Å². The van der Waals surface area contributed by atoms with Gasteiger partial charge in [0.1, 0.15) is 0 Å². The Morgan fingerprint density at radius 2 is 1.96 bits per heavy atom. The maximum absolute atomic E-state index is 12.2. The molecule has 2 rings (SSSR count). The van der Waals surface area contributed by atoms with Crippen molar-refractivity contribution in [3.63, 3.8) is 0 Å². The van der Waals surface area contributed by atoms with Crippen LogP contribution in [0.3, 0.4) is 0 Å². The lowest BCUT2D eigenvalue weighted by Crippen LogP contribution is -2.54. The largest absolute Gasteiger partial charge is 0.391 e. The standard InChI is InChI=1S/C16H24N6O3/c17-11-14(23)25-15(24)13(10-12-4-2-1-3-5-12)20-16(18)21-22-8-6-19-7-9-22/h1-5,13,19H,6-11,17H2,(H3,18,20,21). The van der Waals surface area contributed by atoms with Crippen LogP contribution in [0.1, 0.15) is 5.56 Å². The maximum Gasteiger partial charge on any atom is 0.339 e. The Kier molecular flexibility index (Phi) is 7.33. The predicted octanol–water partition coefficient (Wildman–Crippen LogP) is -1.65. The van der Waals surface area contributed by atoms with Gasteiger partial charge in [-0.15, -0.1) is 0 Å². The van der Waals surface area contributed by atoms with Gasteiger partial charge in [-0.3, -0.25) is 10.2 Å². The van der Waals surface area contributed by atoms with E-state index < -0.39 is 18.0 Å². The summed E-state index contributed by atoms with van der Waals surface area (Å²) in [5, 5.41) is 5.13. The van der Waals surface area contributed by atoms with Crippen molar-refractivity contribution in [1.29, 1.82) is 0 Å². The highest BCUT2D eigenvalue weighted by atomic mass is 16.6. The lowest BCUT2D eigenvalue weighted by Gasteiger charge is -2.28. The number of nitrogens with two attached hydrogens (primary N) is 2. The average molecular weight is 348 g/mol. The first kappa shape index (κ1) is 18.8. The Bertz CT molecular complexity index is 601. The zero-order valence-corrected chi connectivity index (χ0v) is 14.0. The van der Waals surface area contributed by atoms with Gasteiger partial charge in [0.05, 0.1) is 6.54 Å². The van der Waals surface area contributed by atoms with Crippen LogP contribution < -0.4 is 22.2 Å². The zero-order valence-electron chi connectivity index (χ0n) is 14.0. The Hall–Kier alpha value is -2.49. The van der Waals surface area contributed by atoms with Crippen molar-refractivity contribution in [2.45, 2.75) is 12.5 Å². The van der Waals surface area contributed by atoms with Crippen LogP contribution in [0.25, 0.3) is 0 Å². The molecule has 9 heteroatoms. The van der Waals surface area contributed by atoms with Crippen molar-refractivity contribution in [3.8, 4) is 0 Å². The summed E-state index contributed by atoms with van der Waals surface area (Å²) >= 11 is 0. The van der Waals surface area contributed by atoms with E-state index in [2.05, 4.69) is 15.7 Å². The molecule has 0 aliphatic carbocycles. The summed E-state index contributed by atoms with van der Waals surface area (Å²) in [6.45, 7) is 2.81. The fraction of sp³-hybridized carbons (Fsp3) is 0.438. The average Bonchev–Trinajstić information content (AvgIpc) is 2.62. The number of aliphatic imine (C=N–C) groups is 1. The number of ether oxygens (including phenoxy) is 1. The molecule has 1 aromatic carbocycles. The molecule has 1 unspecified atom stereocenters. The van der Waals surface area contributed by atoms with E-state index in [1.165, 1.54) is 0 Å². The number of nitrogens with one attached hydrogen (secondary N) is 2. The SMILES string of the molecule is NCC(=O)OC(=O)C(Cc1ccccc1)N=C(N)NN1CCNCC1. The van der Waals surface area contributed by atoms with E-state index >= 15 is 0 Å². The number of piperazine rings is 1. The lowest BCUT2D eigenvalue weighted by atomic mass is 10.1. The molecule has 1 heterocycles. The summed E-state index contributed by atoms with van der Waals surface area (Å²) in [5.74, 6) is -1.48. The number of hydrogen-bond donors (Lipinski definition) is 4. The molecule has 1 fully saturated rings. The van der Waals surface area contributed by atoms with Gasteiger partial charge in [-0.1, -0.05) is 30.3 Å². The van der Waals surface area contributed by atoms with Gasteiger partial charge in [-0.05, 0) is 5.56 Å². The van der Waals surface area contributed by atoms with Crippen molar-refractivity contribution in [2.24, 2.45) is 16.5 Å². The summed E-state index contributed by atoms with van der Waals surface area (Å²) in [6, 6.07) is 8.37. The molecular formula is C16H24N6O3. The first-order valence-electron chi connectivity index (χ1n) is 8.12. The second-order valence-electron chi connectivity index (χ2n) is 5.57. The molecule has 1 aromatic rings. The third-order valence-corrected chi connectivity index (χ3v) is 3.61. The van der Waals surface area contributed by atoms with E-state index in [9.17, 15) is 9.59 Å². The third kappa shape index (κ3) is 6.49. The second kappa shape index (κ2) is 9.72. The third-order valence-electron chi connectivity index (χ3n) is 3.61. The van der Waals surface area contributed by atoms with E-state index in [1.54, 1.807) is 0 Å². The molecule has 25 heavy (non-hydrogen) atoms. The van der Waals surface area contributed by atoms with E-state index in [-0.39, 0.29) is 18.9 Å². The lowest BCUT2D eigenvalue weighted by molar-refractivity contribution is -0.159. The van der Waals surface area contributed by atoms with Crippen LogP contribution >= 0.6 is 0 Å². The van der Waals surface area contributed by atoms with Crippen LogP contribution in [0, 0.1) is 0 Å². The van der Waals surface area contributed by atoms with E-state index in [0.717, 1.165) is 31.7 Å². The second-order valence-corrected chi connectivity index (χ2v) is 5.57. The summed E-state index contributed by atoms with van der Waals surface area (Å²) in [6.07, 6.45) is 0.265. The minimum Gasteiger partial charge on any atom is -0.391 e. The van der Waals surface area contributed by atoms with Crippen LogP contribution in [0.2, 0.25) is 0 Å². The molecule has 1 atom stereocenters. The molecule has 0 bridgehead atoms. The zero-order chi connectivity index (χ0) is 18.1. The topological polar surface area (TPSA) is 135 Å². The van der Waals surface area contributed by atoms with E-state index in [0.29, 0.717) is 0 Å². The molecule has 0 spiro atoms. The first-order valence-corrected chi connectivity index (χ1v) is 8.12. The van der Waals surface area contributed by atoms with Crippen LogP contribution in [0.5, 0.6) is 0 Å². The predicted molar refractivity (Wildman–Crippen MR) is 93.3 cm³/mol. The molecule has 0 amide bonds. The van der Waals surface area contributed by atoms with Gasteiger partial charge < -0.3 is 21.5 Å². The number of rotatable bonds is 6. The Labute approximate surface area is 146 Å². The minimum atomic E-state index is -0.937. The number of guanidine groups is 1. The normalized spacial score (nSPS) is 16.9. The van der Waals surface area contributed by atoms with Gasteiger partial charge in [0, 0.05) is 32.6 Å². The highest BCUT2D eigenvalue weighted by Crippen LogP contribution is 2.08. The van der Waals surface area contributed by atoms with Crippen LogP contribution in [0.15, 0.2) is 35.3 Å². The fourth-order valence-corrected chi connectivity index (χ4v) is 2.38. The van der Waals surface area contributed by atoms with Crippen LogP contribution in [-0.2, 0) is 20.7 Å². The number of carbonyl (C=O) groups is 2. The fourth-order valence-electron chi connectivity index (χ4n) is 2.38. The van der Waals surface area contributed by atoms with Crippen molar-refractivity contribution in [1.82, 2.24) is 15.8 Å². The quantitative estimate of drug-likeness (QED) is 0.208. The molecule has 0 aromatic heterocycles. The van der Waals surface area contributed by atoms with Gasteiger partial charge in [-0.25, -0.2) is 14.8 Å². The van der Waals surface area contributed by atoms with Crippen LogP contribution in [-0.4, -0.2) is 61.7 Å². The van der Waals surface area contributed by atoms with Gasteiger partial charge >= 0.3 is 11.9 Å². The molecular weight excluding hydrogens is 324 g/mol. The molecule has 1 aliphatic rings. The molecule has 136 valence electrons. The van der Waals surface area contributed by atoms with Gasteiger partial charge in [-0.2, -0.15) is 0 Å². The first-order chi connectivity index (χ1) is 12.1. The number of hydrazine groups is 1. The molecule has 1 saturated heterocycles. The van der Waals surface area contributed by atoms with Crippen LogP contribution in [0.4, 0.5) is 0 Å². The van der Waals surface area contributed by atoms with Gasteiger partial charge in [0.25, 0.3) is 0 Å². The summed E-state index contributed by atoms with van der Waals surface area (Å²) < 4.78 is 4.71. The molecule has 0 saturated carbocycles. The molecule has 6 N–H and O–H groups in total. The monoisotopic (exact) mass is 348 g/mol. The summed E-state index contributed by atoms with van der Waals surface area (Å²) in [4.78, 5) is 27.7. The van der Waals surface area contributed by atoms with Crippen molar-refractivity contribution in [2.75, 3.05) is 32.7 Å². The molecule has 9 nitrogen and oxygen atoms in total. The van der Waals surface area contributed by atoms with E-state index in [1.807, 2.05) is 35.3 Å². The minimum absolute atomic E-state index is 0.0972. The number of hydrogen-bond acceptors (Lipinski definition) is 7. The van der Waals surface area contributed by atoms with Gasteiger partial charge in [0.2, 0.25) is 5.96 Å². The Morgan fingerprint density at radius 1 is 1.28 bits per heavy atom. The summed E-state index contributed by atoms with van der Waals surface area (Å²) in [5.41, 5.74) is 14.9. The highest BCUT2D eigenvalue weighted by Gasteiger charge is 2.23. The Morgan fingerprint density at radius 3 is 2.60 bits per heavy atom. The number of esters is 2. The highest BCUT2D eigenvalue weighted by molar-refractivity contribution is 5.91.